The SMILES string of the molecule is CCNC(=O)CN(CC)C(=O)C(C(=O)O)C(C)(C)C. The summed E-state index contributed by atoms with van der Waals surface area (Å²) in [6.07, 6.45) is 0. The highest BCUT2D eigenvalue weighted by molar-refractivity contribution is 5.99. The largest absolute Gasteiger partial charge is 0.481 e. The number of likely N-dealkylation sites (N-methyl/N-ethyl adjacent to an activating group) is 2. The first kappa shape index (κ1) is 17.4. The maximum Gasteiger partial charge on any atom is 0.316 e. The Hall–Kier alpha value is -1.59. The van der Waals surface area contributed by atoms with Gasteiger partial charge in [0.15, 0.2) is 0 Å². The van der Waals surface area contributed by atoms with E-state index >= 15 is 0 Å². The lowest BCUT2D eigenvalue weighted by atomic mass is 9.80. The van der Waals surface area contributed by atoms with Gasteiger partial charge < -0.3 is 15.3 Å². The van der Waals surface area contributed by atoms with Gasteiger partial charge in [0.2, 0.25) is 11.8 Å². The second-order valence-electron chi connectivity index (χ2n) is 5.44. The Morgan fingerprint density at radius 2 is 1.74 bits per heavy atom. The molecule has 0 aromatic heterocycles. The third kappa shape index (κ3) is 5.28. The minimum atomic E-state index is -1.16. The quantitative estimate of drug-likeness (QED) is 0.697. The maximum atomic E-state index is 12.3. The van der Waals surface area contributed by atoms with Gasteiger partial charge in [0.1, 0.15) is 5.92 Å². The molecule has 0 saturated heterocycles. The molecule has 2 N–H and O–H groups in total. The van der Waals surface area contributed by atoms with Crippen molar-refractivity contribution in [2.75, 3.05) is 19.6 Å². The number of hydrogen-bond donors (Lipinski definition) is 2. The fraction of sp³-hybridized carbons (Fsp3) is 0.769. The van der Waals surface area contributed by atoms with Crippen LogP contribution in [0.2, 0.25) is 0 Å². The van der Waals surface area contributed by atoms with Crippen LogP contribution in [-0.4, -0.2) is 47.4 Å². The van der Waals surface area contributed by atoms with Crippen LogP contribution in [0, 0.1) is 11.3 Å². The minimum absolute atomic E-state index is 0.108. The summed E-state index contributed by atoms with van der Waals surface area (Å²) in [4.78, 5) is 36.3. The van der Waals surface area contributed by atoms with Crippen molar-refractivity contribution >= 4 is 17.8 Å². The number of carboxylic acids is 1. The van der Waals surface area contributed by atoms with Gasteiger partial charge in [0, 0.05) is 13.1 Å². The molecule has 0 saturated carbocycles. The molecule has 1 atom stereocenters. The smallest absolute Gasteiger partial charge is 0.316 e. The molecule has 0 spiro atoms. The van der Waals surface area contributed by atoms with Crippen LogP contribution in [0.4, 0.5) is 0 Å². The van der Waals surface area contributed by atoms with Crippen molar-refractivity contribution in [3.8, 4) is 0 Å². The summed E-state index contributed by atoms with van der Waals surface area (Å²) in [5.41, 5.74) is -0.697. The predicted octanol–water partition coefficient (Wildman–Crippen LogP) is 0.718. The second kappa shape index (κ2) is 7.11. The molecule has 6 nitrogen and oxygen atoms in total. The number of carboxylic acid groups (broad SMARTS) is 1. The summed E-state index contributed by atoms with van der Waals surface area (Å²) in [6.45, 7) is 9.27. The zero-order valence-corrected chi connectivity index (χ0v) is 12.3. The van der Waals surface area contributed by atoms with Crippen LogP contribution in [0.25, 0.3) is 0 Å². The van der Waals surface area contributed by atoms with E-state index in [1.54, 1.807) is 34.6 Å². The van der Waals surface area contributed by atoms with Gasteiger partial charge in [-0.15, -0.1) is 0 Å². The molecule has 0 aliphatic rings. The monoisotopic (exact) mass is 272 g/mol. The third-order valence-corrected chi connectivity index (χ3v) is 2.76. The van der Waals surface area contributed by atoms with E-state index in [4.69, 9.17) is 0 Å². The molecule has 0 rings (SSSR count). The van der Waals surface area contributed by atoms with E-state index in [0.717, 1.165) is 0 Å². The highest BCUT2D eigenvalue weighted by Crippen LogP contribution is 2.27. The van der Waals surface area contributed by atoms with Crippen LogP contribution in [0.5, 0.6) is 0 Å². The fourth-order valence-corrected chi connectivity index (χ4v) is 1.80. The molecule has 19 heavy (non-hydrogen) atoms. The van der Waals surface area contributed by atoms with Crippen LogP contribution < -0.4 is 5.32 Å². The van der Waals surface area contributed by atoms with Crippen molar-refractivity contribution < 1.29 is 19.5 Å². The molecule has 110 valence electrons. The number of aliphatic carboxylic acids is 1. The molecule has 0 aromatic carbocycles. The summed E-state index contributed by atoms with van der Waals surface area (Å²) < 4.78 is 0. The van der Waals surface area contributed by atoms with Crippen LogP contribution in [0.15, 0.2) is 0 Å². The molecule has 0 fully saturated rings. The molecule has 0 radical (unpaired) electrons. The highest BCUT2D eigenvalue weighted by Gasteiger charge is 2.40. The Bertz CT molecular complexity index is 347. The summed E-state index contributed by atoms with van der Waals surface area (Å²) in [5.74, 6) is -3.11. The average molecular weight is 272 g/mol. The molecule has 0 aliphatic heterocycles. The Morgan fingerprint density at radius 3 is 2.05 bits per heavy atom. The molecule has 0 bridgehead atoms. The zero-order valence-electron chi connectivity index (χ0n) is 12.3. The van der Waals surface area contributed by atoms with Gasteiger partial charge in [-0.3, -0.25) is 14.4 Å². The number of amides is 2. The van der Waals surface area contributed by atoms with Crippen molar-refractivity contribution in [3.05, 3.63) is 0 Å². The van der Waals surface area contributed by atoms with E-state index < -0.39 is 23.2 Å². The molecular formula is C13H24N2O4. The molecule has 1 unspecified atom stereocenters. The van der Waals surface area contributed by atoms with Gasteiger partial charge in [-0.1, -0.05) is 20.8 Å². The van der Waals surface area contributed by atoms with Crippen molar-refractivity contribution in [1.29, 1.82) is 0 Å². The van der Waals surface area contributed by atoms with E-state index in [2.05, 4.69) is 5.32 Å². The Balaban J connectivity index is 4.99. The first-order chi connectivity index (χ1) is 8.65. The summed E-state index contributed by atoms with van der Waals surface area (Å²) in [5, 5.41) is 11.8. The van der Waals surface area contributed by atoms with Crippen molar-refractivity contribution in [2.45, 2.75) is 34.6 Å². The Morgan fingerprint density at radius 1 is 1.21 bits per heavy atom. The Labute approximate surface area is 114 Å². The van der Waals surface area contributed by atoms with Crippen LogP contribution in [-0.2, 0) is 14.4 Å². The molecule has 2 amide bonds. The van der Waals surface area contributed by atoms with Crippen LogP contribution >= 0.6 is 0 Å². The number of nitrogens with one attached hydrogen (secondary N) is 1. The van der Waals surface area contributed by atoms with Crippen LogP contribution in [0.1, 0.15) is 34.6 Å². The topological polar surface area (TPSA) is 86.7 Å². The van der Waals surface area contributed by atoms with Gasteiger partial charge in [-0.05, 0) is 19.3 Å². The van der Waals surface area contributed by atoms with Crippen molar-refractivity contribution in [1.82, 2.24) is 10.2 Å². The van der Waals surface area contributed by atoms with Crippen molar-refractivity contribution in [2.24, 2.45) is 11.3 Å². The molecular weight excluding hydrogens is 248 g/mol. The molecule has 0 aromatic rings. The van der Waals surface area contributed by atoms with Gasteiger partial charge in [0.05, 0.1) is 6.54 Å². The second-order valence-corrected chi connectivity index (χ2v) is 5.44. The normalized spacial score (nSPS) is 12.7. The van der Waals surface area contributed by atoms with Crippen LogP contribution in [0.3, 0.4) is 0 Å². The van der Waals surface area contributed by atoms with E-state index in [1.165, 1.54) is 4.90 Å². The summed E-state index contributed by atoms with van der Waals surface area (Å²) >= 11 is 0. The third-order valence-electron chi connectivity index (χ3n) is 2.76. The number of carbonyl (C=O) groups excluding carboxylic acids is 2. The lowest BCUT2D eigenvalue weighted by Gasteiger charge is -2.31. The Kier molecular flexibility index (Phi) is 6.52. The molecule has 0 heterocycles. The maximum absolute atomic E-state index is 12.3. The standard InChI is InChI=1S/C13H24N2O4/c1-6-14-9(16)8-15(7-2)11(17)10(12(18)19)13(3,4)5/h10H,6-8H2,1-5H3,(H,14,16)(H,18,19). The van der Waals surface area contributed by atoms with Gasteiger partial charge in [-0.2, -0.15) is 0 Å². The van der Waals surface area contributed by atoms with Gasteiger partial charge in [-0.25, -0.2) is 0 Å². The van der Waals surface area contributed by atoms with E-state index in [-0.39, 0.29) is 12.5 Å². The number of hydrogen-bond acceptors (Lipinski definition) is 3. The molecule has 0 aliphatic carbocycles. The first-order valence-electron chi connectivity index (χ1n) is 6.43. The average Bonchev–Trinajstić information content (AvgIpc) is 2.23. The zero-order chi connectivity index (χ0) is 15.2. The fourth-order valence-electron chi connectivity index (χ4n) is 1.80. The lowest BCUT2D eigenvalue weighted by molar-refractivity contribution is -0.157. The molecule has 6 heteroatoms. The predicted molar refractivity (Wildman–Crippen MR) is 71.5 cm³/mol. The number of nitrogens with zero attached hydrogens (tertiary/aromatic N) is 1. The van der Waals surface area contributed by atoms with E-state index in [1.807, 2.05) is 0 Å². The van der Waals surface area contributed by atoms with E-state index in [9.17, 15) is 19.5 Å². The summed E-state index contributed by atoms with van der Waals surface area (Å²) in [6, 6.07) is 0. The minimum Gasteiger partial charge on any atom is -0.481 e. The van der Waals surface area contributed by atoms with E-state index in [0.29, 0.717) is 13.1 Å². The van der Waals surface area contributed by atoms with Crippen molar-refractivity contribution in [3.63, 3.8) is 0 Å². The highest BCUT2D eigenvalue weighted by atomic mass is 16.4. The number of carbonyl (C=O) groups is 3. The first-order valence-corrected chi connectivity index (χ1v) is 6.43. The van der Waals surface area contributed by atoms with Gasteiger partial charge >= 0.3 is 5.97 Å². The lowest BCUT2D eigenvalue weighted by Crippen LogP contribution is -2.48. The van der Waals surface area contributed by atoms with Gasteiger partial charge in [0.25, 0.3) is 0 Å². The summed E-state index contributed by atoms with van der Waals surface area (Å²) in [7, 11) is 0. The number of rotatable bonds is 6.